The Balaban J connectivity index is 1.19. The van der Waals surface area contributed by atoms with E-state index in [4.69, 9.17) is 4.74 Å². The zero-order valence-corrected chi connectivity index (χ0v) is 26.3. The predicted molar refractivity (Wildman–Crippen MR) is 174 cm³/mol. The van der Waals surface area contributed by atoms with Gasteiger partial charge in [0.15, 0.2) is 0 Å². The summed E-state index contributed by atoms with van der Waals surface area (Å²) in [6.45, 7) is 1.83. The van der Waals surface area contributed by atoms with Crippen molar-refractivity contribution in [2.24, 2.45) is 29.6 Å². The molecule has 3 fully saturated rings. The number of aryl methyl sites for hydroxylation is 1. The second-order valence-electron chi connectivity index (χ2n) is 12.4. The number of thioether (sulfide) groups is 1. The molecule has 2 aliphatic heterocycles. The first-order valence-electron chi connectivity index (χ1n) is 15.2. The molecule has 7 atom stereocenters. The fourth-order valence-corrected chi connectivity index (χ4v) is 11.5. The Labute approximate surface area is 268 Å². The van der Waals surface area contributed by atoms with Crippen LogP contribution in [-0.4, -0.2) is 34.6 Å². The molecular weight excluding hydrogens is 607 g/mol. The fourth-order valence-electron chi connectivity index (χ4n) is 8.32. The first-order chi connectivity index (χ1) is 21.9. The van der Waals surface area contributed by atoms with E-state index in [1.807, 2.05) is 85.8 Å². The van der Waals surface area contributed by atoms with Gasteiger partial charge >= 0.3 is 4.87 Å². The largest absolute Gasteiger partial charge is 0.497 e. The average molecular weight is 638 g/mol. The average Bonchev–Trinajstić information content (AvgIpc) is 3.77. The molecule has 1 saturated heterocycles. The summed E-state index contributed by atoms with van der Waals surface area (Å²) < 4.78 is 7.04. The van der Waals surface area contributed by atoms with E-state index in [1.165, 1.54) is 16.2 Å². The summed E-state index contributed by atoms with van der Waals surface area (Å²) in [4.78, 5) is 56.9. The van der Waals surface area contributed by atoms with Gasteiger partial charge in [-0.15, -0.1) is 11.8 Å². The van der Waals surface area contributed by atoms with Crippen molar-refractivity contribution in [3.05, 3.63) is 105 Å². The molecule has 3 amide bonds. The van der Waals surface area contributed by atoms with Crippen LogP contribution in [0.2, 0.25) is 0 Å². The number of carbonyl (C=O) groups excluding carboxylic acids is 3. The van der Waals surface area contributed by atoms with E-state index in [2.05, 4.69) is 5.32 Å². The number of ether oxygens (including phenoxy) is 1. The topological polar surface area (TPSA) is 97.7 Å². The number of para-hydroxylation sites is 2. The molecule has 10 heteroatoms. The maximum absolute atomic E-state index is 14.0. The number of fused-ring (bicyclic) bond motifs is 9. The van der Waals surface area contributed by atoms with Gasteiger partial charge in [-0.2, -0.15) is 0 Å². The zero-order chi connectivity index (χ0) is 31.0. The van der Waals surface area contributed by atoms with Crippen molar-refractivity contribution in [1.82, 2.24) is 4.57 Å². The summed E-state index contributed by atoms with van der Waals surface area (Å²) in [7, 11) is 1.63. The van der Waals surface area contributed by atoms with Crippen LogP contribution in [0.15, 0.2) is 88.7 Å². The lowest BCUT2D eigenvalue weighted by Gasteiger charge is -2.43. The molecule has 4 aliphatic rings. The highest BCUT2D eigenvalue weighted by molar-refractivity contribution is 8.00. The quantitative estimate of drug-likeness (QED) is 0.279. The number of benzene rings is 3. The van der Waals surface area contributed by atoms with Crippen LogP contribution in [0.1, 0.15) is 28.3 Å². The van der Waals surface area contributed by atoms with E-state index in [0.29, 0.717) is 5.69 Å². The normalized spacial score (nSPS) is 27.7. The number of nitrogens with one attached hydrogen (secondary N) is 1. The van der Waals surface area contributed by atoms with Crippen molar-refractivity contribution in [1.29, 1.82) is 0 Å². The number of rotatable bonds is 6. The van der Waals surface area contributed by atoms with E-state index in [1.54, 1.807) is 23.4 Å². The lowest BCUT2D eigenvalue weighted by molar-refractivity contribution is -0.123. The Kier molecular flexibility index (Phi) is 6.76. The molecule has 2 bridgehead atoms. The van der Waals surface area contributed by atoms with E-state index < -0.39 is 0 Å². The summed E-state index contributed by atoms with van der Waals surface area (Å²) in [6, 6.07) is 24.7. The lowest BCUT2D eigenvalue weighted by atomic mass is 9.68. The van der Waals surface area contributed by atoms with Crippen LogP contribution in [0.4, 0.5) is 11.4 Å². The number of anilines is 2. The molecule has 0 radical (unpaired) electrons. The standard InChI is InChI=1S/C35H31N3O5S2/c1-18-8-6-7-11-24(18)36-25(39)17-37-34-31(45-35(37)42)26(19-12-14-21(43-2)15-13-19)27-22-16-23(30(27)44-34)29-28(22)32(40)38(33(29)41)20-9-4-3-5-10-20/h3-15,22-23,26-30H,16-17H2,1-2H3,(H,36,39). The number of aromatic nitrogens is 1. The molecule has 3 heterocycles. The summed E-state index contributed by atoms with van der Waals surface area (Å²) >= 11 is 2.83. The highest BCUT2D eigenvalue weighted by atomic mass is 32.2. The highest BCUT2D eigenvalue weighted by Gasteiger charge is 2.69. The monoisotopic (exact) mass is 637 g/mol. The molecule has 45 heavy (non-hydrogen) atoms. The molecule has 3 aromatic carbocycles. The molecule has 8 nitrogen and oxygen atoms in total. The highest BCUT2D eigenvalue weighted by Crippen LogP contribution is 2.69. The molecular formula is C35H31N3O5S2. The molecule has 1 aromatic heterocycles. The first kappa shape index (κ1) is 28.3. The Morgan fingerprint density at radius 2 is 1.60 bits per heavy atom. The van der Waals surface area contributed by atoms with Gasteiger partial charge in [0.1, 0.15) is 12.3 Å². The third-order valence-corrected chi connectivity index (χ3v) is 13.0. The summed E-state index contributed by atoms with van der Waals surface area (Å²) in [5, 5.41) is 3.80. The van der Waals surface area contributed by atoms with Gasteiger partial charge in [0.05, 0.1) is 29.7 Å². The van der Waals surface area contributed by atoms with Crippen molar-refractivity contribution in [2.45, 2.75) is 36.1 Å². The molecule has 7 unspecified atom stereocenters. The Morgan fingerprint density at radius 1 is 0.911 bits per heavy atom. The van der Waals surface area contributed by atoms with Crippen molar-refractivity contribution < 1.29 is 19.1 Å². The van der Waals surface area contributed by atoms with Crippen LogP contribution in [0, 0.1) is 36.5 Å². The molecule has 2 aliphatic carbocycles. The Bertz CT molecular complexity index is 1900. The van der Waals surface area contributed by atoms with Gasteiger partial charge in [-0.1, -0.05) is 59.9 Å². The van der Waals surface area contributed by atoms with Gasteiger partial charge in [0.25, 0.3) is 0 Å². The molecule has 8 rings (SSSR count). The molecule has 2 saturated carbocycles. The van der Waals surface area contributed by atoms with Crippen LogP contribution >= 0.6 is 23.1 Å². The van der Waals surface area contributed by atoms with E-state index in [9.17, 15) is 19.2 Å². The van der Waals surface area contributed by atoms with E-state index in [-0.39, 0.29) is 69.9 Å². The zero-order valence-electron chi connectivity index (χ0n) is 24.7. The molecule has 228 valence electrons. The number of carbonyl (C=O) groups is 3. The molecule has 1 N–H and O–H groups in total. The van der Waals surface area contributed by atoms with Gasteiger partial charge in [-0.25, -0.2) is 0 Å². The Morgan fingerprint density at radius 3 is 2.31 bits per heavy atom. The van der Waals surface area contributed by atoms with Crippen molar-refractivity contribution in [3.8, 4) is 5.75 Å². The smallest absolute Gasteiger partial charge is 0.308 e. The van der Waals surface area contributed by atoms with Crippen LogP contribution in [0.3, 0.4) is 0 Å². The van der Waals surface area contributed by atoms with Crippen molar-refractivity contribution in [2.75, 3.05) is 17.3 Å². The van der Waals surface area contributed by atoms with Gasteiger partial charge in [0.2, 0.25) is 17.7 Å². The Hall–Kier alpha value is -4.15. The van der Waals surface area contributed by atoms with Crippen LogP contribution in [-0.2, 0) is 20.9 Å². The second kappa shape index (κ2) is 10.7. The van der Waals surface area contributed by atoms with Crippen LogP contribution in [0.5, 0.6) is 5.75 Å². The summed E-state index contributed by atoms with van der Waals surface area (Å²) in [5.74, 6) is -0.553. The second-order valence-corrected chi connectivity index (χ2v) is 14.5. The number of methoxy groups -OCH3 is 1. The van der Waals surface area contributed by atoms with Gasteiger partial charge in [-0.3, -0.25) is 28.6 Å². The maximum atomic E-state index is 14.0. The third kappa shape index (κ3) is 4.33. The predicted octanol–water partition coefficient (Wildman–Crippen LogP) is 5.54. The van der Waals surface area contributed by atoms with Gasteiger partial charge in [-0.05, 0) is 72.6 Å². The maximum Gasteiger partial charge on any atom is 0.308 e. The number of imide groups is 1. The van der Waals surface area contributed by atoms with Gasteiger partial charge in [0, 0.05) is 21.7 Å². The SMILES string of the molecule is COc1ccc(C2c3sc(=O)n(CC(=O)Nc4ccccc4C)c3SC3C4CC(C5C(=O)N(c6ccccc6)C(=O)C45)C23)cc1. The first-order valence-corrected chi connectivity index (χ1v) is 16.9. The fraction of sp³-hybridized carbons (Fsp3) is 0.314. The number of thiazole rings is 1. The number of amides is 3. The minimum absolute atomic E-state index is 0.00157. The van der Waals surface area contributed by atoms with E-state index in [0.717, 1.165) is 38.9 Å². The third-order valence-electron chi connectivity index (χ3n) is 10.2. The van der Waals surface area contributed by atoms with Crippen LogP contribution in [0.25, 0.3) is 0 Å². The molecule has 0 spiro atoms. The van der Waals surface area contributed by atoms with Crippen LogP contribution < -0.4 is 19.8 Å². The number of hydrogen-bond acceptors (Lipinski definition) is 7. The van der Waals surface area contributed by atoms with E-state index >= 15 is 0 Å². The number of hydrogen-bond donors (Lipinski definition) is 1. The van der Waals surface area contributed by atoms with Gasteiger partial charge < -0.3 is 10.1 Å². The molecule has 4 aromatic rings. The van der Waals surface area contributed by atoms with Crippen molar-refractivity contribution in [3.63, 3.8) is 0 Å². The van der Waals surface area contributed by atoms with Crippen molar-refractivity contribution >= 4 is 52.2 Å². The minimum Gasteiger partial charge on any atom is -0.497 e. The summed E-state index contributed by atoms with van der Waals surface area (Å²) in [5.41, 5.74) is 3.33. The minimum atomic E-state index is -0.377. The summed E-state index contributed by atoms with van der Waals surface area (Å²) in [6.07, 6.45) is 0.803. The number of nitrogens with zero attached hydrogens (tertiary/aromatic N) is 2. The lowest BCUT2D eigenvalue weighted by Crippen LogP contribution is -2.43.